The highest BCUT2D eigenvalue weighted by atomic mass is 19.4. The molecule has 0 fully saturated rings. The Bertz CT molecular complexity index is 1360. The summed E-state index contributed by atoms with van der Waals surface area (Å²) >= 11 is 0. The maximum absolute atomic E-state index is 14.2. The number of aliphatic hydroxyl groups excluding tert-OH is 2. The normalized spacial score (nSPS) is 14.1. The van der Waals surface area contributed by atoms with E-state index in [-0.39, 0.29) is 36.3 Å². The summed E-state index contributed by atoms with van der Waals surface area (Å²) in [6.45, 7) is 1.55. The Morgan fingerprint density at radius 2 is 1.64 bits per heavy atom. The van der Waals surface area contributed by atoms with Crippen LogP contribution in [0.1, 0.15) is 35.2 Å². The van der Waals surface area contributed by atoms with E-state index < -0.39 is 23.5 Å². The zero-order valence-corrected chi connectivity index (χ0v) is 19.3. The fraction of sp³-hybridized carbons (Fsp3) is 0.308. The van der Waals surface area contributed by atoms with Crippen LogP contribution in [0.3, 0.4) is 0 Å². The molecule has 1 aliphatic carbocycles. The molecule has 4 aromatic rings. The minimum atomic E-state index is -4.72. The van der Waals surface area contributed by atoms with Crippen molar-refractivity contribution in [3.63, 3.8) is 0 Å². The van der Waals surface area contributed by atoms with Crippen molar-refractivity contribution in [3.8, 4) is 34.0 Å². The summed E-state index contributed by atoms with van der Waals surface area (Å²) in [5.41, 5.74) is 2.63. The lowest BCUT2D eigenvalue weighted by molar-refractivity contribution is -0.136. The lowest BCUT2D eigenvalue weighted by Crippen LogP contribution is -2.37. The first-order chi connectivity index (χ1) is 17.3. The van der Waals surface area contributed by atoms with Crippen LogP contribution < -0.4 is 5.32 Å². The number of rotatable bonds is 7. The molecule has 3 N–H and O–H groups in total. The summed E-state index contributed by atoms with van der Waals surface area (Å²) in [6.07, 6.45) is -3.72. The quantitative estimate of drug-likeness (QED) is 0.336. The second-order valence-electron chi connectivity index (χ2n) is 8.80. The molecule has 0 aliphatic heterocycles. The van der Waals surface area contributed by atoms with Gasteiger partial charge in [-0.3, -0.25) is 0 Å². The van der Waals surface area contributed by atoms with E-state index in [9.17, 15) is 23.4 Å². The fourth-order valence-corrected chi connectivity index (χ4v) is 4.63. The molecule has 1 aliphatic rings. The Morgan fingerprint density at radius 3 is 2.33 bits per heavy atom. The second kappa shape index (κ2) is 9.53. The Morgan fingerprint density at radius 1 is 0.944 bits per heavy atom. The van der Waals surface area contributed by atoms with Crippen molar-refractivity contribution in [2.75, 3.05) is 13.2 Å². The van der Waals surface area contributed by atoms with E-state index in [1.54, 1.807) is 18.2 Å². The number of aromatic nitrogens is 2. The standard InChI is InChI=1S/C26H24F3N3O4/c1-14(30-18(12-33)13-34)16-7-9-19-17(11-16)8-10-20-22(19)31-36-25(20)23-21(26(27,28)29)24(35-32-23)15-5-3-2-4-6-15/h2-7,9,11,14,18,30,33-34H,8,10,12-13H2,1H3. The number of halogens is 3. The number of nitrogens with one attached hydrogen (secondary N) is 1. The summed E-state index contributed by atoms with van der Waals surface area (Å²) < 4.78 is 53.1. The summed E-state index contributed by atoms with van der Waals surface area (Å²) in [5.74, 6) is -0.406. The molecule has 1 unspecified atom stereocenters. The molecule has 2 aromatic carbocycles. The predicted molar refractivity (Wildman–Crippen MR) is 125 cm³/mol. The van der Waals surface area contributed by atoms with Crippen molar-refractivity contribution < 1.29 is 32.4 Å². The van der Waals surface area contributed by atoms with Crippen LogP contribution >= 0.6 is 0 Å². The van der Waals surface area contributed by atoms with Gasteiger partial charge in [0.05, 0.1) is 19.3 Å². The van der Waals surface area contributed by atoms with Crippen molar-refractivity contribution >= 4 is 0 Å². The molecule has 0 radical (unpaired) electrons. The van der Waals surface area contributed by atoms with Crippen LogP contribution in [0.2, 0.25) is 0 Å². The van der Waals surface area contributed by atoms with Crippen LogP contribution in [0.15, 0.2) is 57.6 Å². The van der Waals surface area contributed by atoms with E-state index >= 15 is 0 Å². The molecule has 0 amide bonds. The van der Waals surface area contributed by atoms with Crippen molar-refractivity contribution in [1.82, 2.24) is 15.6 Å². The number of aliphatic hydroxyl groups is 2. The highest BCUT2D eigenvalue weighted by Crippen LogP contribution is 2.46. The van der Waals surface area contributed by atoms with Crippen molar-refractivity contribution in [1.29, 1.82) is 0 Å². The molecule has 0 saturated carbocycles. The van der Waals surface area contributed by atoms with Gasteiger partial charge in [0.15, 0.2) is 17.2 Å². The molecule has 7 nitrogen and oxygen atoms in total. The molecular weight excluding hydrogens is 475 g/mol. The van der Waals surface area contributed by atoms with Crippen LogP contribution in [0, 0.1) is 0 Å². The van der Waals surface area contributed by atoms with Gasteiger partial charge in [-0.05, 0) is 30.9 Å². The molecular formula is C26H24F3N3O4. The predicted octanol–water partition coefficient (Wildman–Crippen LogP) is 4.78. The first-order valence-electron chi connectivity index (χ1n) is 11.5. The number of fused-ring (bicyclic) bond motifs is 3. The number of aryl methyl sites for hydroxylation is 1. The monoisotopic (exact) mass is 499 g/mol. The molecule has 36 heavy (non-hydrogen) atoms. The van der Waals surface area contributed by atoms with Gasteiger partial charge in [0, 0.05) is 22.7 Å². The minimum Gasteiger partial charge on any atom is -0.395 e. The fourth-order valence-electron chi connectivity index (χ4n) is 4.63. The number of hydrogen-bond acceptors (Lipinski definition) is 7. The SMILES string of the molecule is CC(NC(CO)CO)c1ccc2c(c1)CCc1c-2noc1-c1noc(-c2ccccc2)c1C(F)(F)F. The third kappa shape index (κ3) is 4.32. The zero-order valence-electron chi connectivity index (χ0n) is 19.3. The third-order valence-electron chi connectivity index (χ3n) is 6.47. The van der Waals surface area contributed by atoms with Gasteiger partial charge in [-0.15, -0.1) is 0 Å². The first-order valence-corrected chi connectivity index (χ1v) is 11.5. The van der Waals surface area contributed by atoms with Crippen LogP contribution in [-0.2, 0) is 19.0 Å². The Labute approximate surface area is 204 Å². The smallest absolute Gasteiger partial charge is 0.395 e. The number of hydrogen-bond donors (Lipinski definition) is 3. The van der Waals surface area contributed by atoms with Gasteiger partial charge < -0.3 is 24.6 Å². The van der Waals surface area contributed by atoms with Crippen molar-refractivity contribution in [2.24, 2.45) is 0 Å². The third-order valence-corrected chi connectivity index (χ3v) is 6.47. The Balaban J connectivity index is 1.52. The average molecular weight is 499 g/mol. The number of alkyl halides is 3. The van der Waals surface area contributed by atoms with Crippen molar-refractivity contribution in [3.05, 3.63) is 70.8 Å². The van der Waals surface area contributed by atoms with E-state index in [4.69, 9.17) is 9.05 Å². The summed E-state index contributed by atoms with van der Waals surface area (Å²) in [7, 11) is 0. The van der Waals surface area contributed by atoms with Crippen molar-refractivity contribution in [2.45, 2.75) is 38.0 Å². The van der Waals surface area contributed by atoms with E-state index in [1.165, 1.54) is 12.1 Å². The van der Waals surface area contributed by atoms with E-state index in [0.717, 1.165) is 16.7 Å². The van der Waals surface area contributed by atoms with Gasteiger partial charge >= 0.3 is 6.18 Å². The van der Waals surface area contributed by atoms with Crippen LogP contribution in [0.5, 0.6) is 0 Å². The lowest BCUT2D eigenvalue weighted by Gasteiger charge is -2.22. The minimum absolute atomic E-state index is 0.0400. The van der Waals surface area contributed by atoms with Crippen LogP contribution in [0.25, 0.3) is 34.0 Å². The molecule has 5 rings (SSSR count). The average Bonchev–Trinajstić information content (AvgIpc) is 3.52. The van der Waals surface area contributed by atoms with Crippen LogP contribution in [0.4, 0.5) is 13.2 Å². The maximum Gasteiger partial charge on any atom is 0.422 e. The second-order valence-corrected chi connectivity index (χ2v) is 8.80. The highest BCUT2D eigenvalue weighted by Gasteiger charge is 2.43. The molecule has 2 heterocycles. The molecule has 0 spiro atoms. The number of nitrogens with zero attached hydrogens (tertiary/aromatic N) is 2. The van der Waals surface area contributed by atoms with Gasteiger partial charge in [0.25, 0.3) is 0 Å². The summed E-state index contributed by atoms with van der Waals surface area (Å²) in [4.78, 5) is 0. The molecule has 0 bridgehead atoms. The first kappa shape index (κ1) is 24.2. The molecule has 188 valence electrons. The summed E-state index contributed by atoms with van der Waals surface area (Å²) in [5, 5.41) is 29.7. The highest BCUT2D eigenvalue weighted by molar-refractivity contribution is 5.79. The van der Waals surface area contributed by atoms with Gasteiger partial charge in [-0.1, -0.05) is 58.8 Å². The topological polar surface area (TPSA) is 105 Å². The molecule has 2 aromatic heterocycles. The molecule has 10 heteroatoms. The zero-order chi connectivity index (χ0) is 25.4. The van der Waals surface area contributed by atoms with E-state index in [0.29, 0.717) is 24.1 Å². The lowest BCUT2D eigenvalue weighted by atomic mass is 9.86. The molecule has 1 atom stereocenters. The van der Waals surface area contributed by atoms with Gasteiger partial charge in [-0.25, -0.2) is 0 Å². The van der Waals surface area contributed by atoms with Gasteiger partial charge in [-0.2, -0.15) is 13.2 Å². The number of benzene rings is 2. The Kier molecular flexibility index (Phi) is 6.42. The molecule has 0 saturated heterocycles. The van der Waals surface area contributed by atoms with Gasteiger partial charge in [0.2, 0.25) is 0 Å². The largest absolute Gasteiger partial charge is 0.422 e. The van der Waals surface area contributed by atoms with Crippen LogP contribution in [-0.4, -0.2) is 39.8 Å². The maximum atomic E-state index is 14.2. The Hall–Kier alpha value is -3.47. The summed E-state index contributed by atoms with van der Waals surface area (Å²) in [6, 6.07) is 13.2. The van der Waals surface area contributed by atoms with Gasteiger partial charge in [0.1, 0.15) is 11.3 Å². The van der Waals surface area contributed by atoms with E-state index in [1.807, 2.05) is 25.1 Å². The van der Waals surface area contributed by atoms with E-state index in [2.05, 4.69) is 15.6 Å².